The zero-order valence-corrected chi connectivity index (χ0v) is 15.9. The van der Waals surface area contributed by atoms with E-state index in [-0.39, 0.29) is 17.9 Å². The lowest BCUT2D eigenvalue weighted by atomic mass is 9.98. The van der Waals surface area contributed by atoms with Crippen molar-refractivity contribution in [3.63, 3.8) is 0 Å². The van der Waals surface area contributed by atoms with Crippen LogP contribution >= 0.6 is 22.7 Å². The number of ether oxygens (including phenoxy) is 1. The molecule has 25 heavy (non-hydrogen) atoms. The van der Waals surface area contributed by atoms with Crippen LogP contribution in [0.15, 0.2) is 29.0 Å². The Hall–Kier alpha value is -1.70. The number of hydrogen-bond donors (Lipinski definition) is 2. The van der Waals surface area contributed by atoms with Crippen LogP contribution in [0.3, 0.4) is 0 Å². The lowest BCUT2D eigenvalue weighted by molar-refractivity contribution is -0.919. The highest BCUT2D eigenvalue weighted by Gasteiger charge is 2.34. The molecule has 7 heteroatoms. The molecule has 5 nitrogen and oxygen atoms in total. The van der Waals surface area contributed by atoms with E-state index in [1.54, 1.807) is 11.3 Å². The fraction of sp³-hybridized carbons (Fsp3) is 0.444. The van der Waals surface area contributed by atoms with Crippen LogP contribution in [0, 0.1) is 0 Å². The zero-order valence-electron chi connectivity index (χ0n) is 14.2. The fourth-order valence-electron chi connectivity index (χ4n) is 3.28. The van der Waals surface area contributed by atoms with Gasteiger partial charge in [-0.1, -0.05) is 6.07 Å². The highest BCUT2D eigenvalue weighted by Crippen LogP contribution is 2.31. The van der Waals surface area contributed by atoms with Gasteiger partial charge in [0.15, 0.2) is 6.54 Å². The van der Waals surface area contributed by atoms with Gasteiger partial charge in [0.25, 0.3) is 5.91 Å². The van der Waals surface area contributed by atoms with Gasteiger partial charge in [-0.05, 0) is 29.3 Å². The molecule has 1 unspecified atom stereocenters. The van der Waals surface area contributed by atoms with Crippen molar-refractivity contribution >= 4 is 34.6 Å². The largest absolute Gasteiger partial charge is 0.469 e. The van der Waals surface area contributed by atoms with E-state index in [4.69, 9.17) is 0 Å². The standard InChI is InChI=1S/C18H22N2O3S2/c1-23-17(22)5-2-8-19-16(21)12-20-9-6-14-13(7-11-25-14)18(20)15-4-3-10-24-15/h3-4,7,10-11,18H,2,5-6,8-9,12H2,1H3,(H,19,21)/p+1/t18-/m1/s1. The first-order valence-electron chi connectivity index (χ1n) is 8.46. The van der Waals surface area contributed by atoms with E-state index in [0.29, 0.717) is 25.9 Å². The summed E-state index contributed by atoms with van der Waals surface area (Å²) in [6, 6.07) is 6.69. The highest BCUT2D eigenvalue weighted by molar-refractivity contribution is 7.10. The average molecular weight is 380 g/mol. The molecule has 0 aliphatic carbocycles. The average Bonchev–Trinajstić information content (AvgIpc) is 3.29. The molecule has 2 aromatic heterocycles. The quantitative estimate of drug-likeness (QED) is 0.565. The van der Waals surface area contributed by atoms with E-state index in [0.717, 1.165) is 13.0 Å². The van der Waals surface area contributed by atoms with E-state index >= 15 is 0 Å². The van der Waals surface area contributed by atoms with Crippen LogP contribution in [0.4, 0.5) is 0 Å². The van der Waals surface area contributed by atoms with Crippen molar-refractivity contribution in [1.82, 2.24) is 5.32 Å². The van der Waals surface area contributed by atoms with Crippen LogP contribution in [0.2, 0.25) is 0 Å². The Balaban J connectivity index is 1.59. The van der Waals surface area contributed by atoms with Crippen molar-refractivity contribution < 1.29 is 19.2 Å². The van der Waals surface area contributed by atoms with Crippen LogP contribution in [0.1, 0.15) is 34.2 Å². The Morgan fingerprint density at radius 2 is 2.20 bits per heavy atom. The first kappa shape index (κ1) is 18.1. The van der Waals surface area contributed by atoms with Crippen LogP contribution in [-0.2, 0) is 20.7 Å². The van der Waals surface area contributed by atoms with Crippen LogP contribution in [0.25, 0.3) is 0 Å². The Bertz CT molecular complexity index is 712. The summed E-state index contributed by atoms with van der Waals surface area (Å²) in [5.41, 5.74) is 1.37. The Kier molecular flexibility index (Phi) is 6.23. The number of esters is 1. The maximum absolute atomic E-state index is 12.3. The molecular weight excluding hydrogens is 356 g/mol. The van der Waals surface area contributed by atoms with Gasteiger partial charge >= 0.3 is 5.97 Å². The minimum absolute atomic E-state index is 0.0418. The number of hydrogen-bond acceptors (Lipinski definition) is 5. The molecule has 134 valence electrons. The SMILES string of the molecule is COC(=O)CCCNC(=O)C[NH+]1CCc2sccc2[C@@H]1c1cccs1. The van der Waals surface area contributed by atoms with Crippen molar-refractivity contribution in [3.05, 3.63) is 44.3 Å². The normalized spacial score (nSPS) is 19.2. The lowest BCUT2D eigenvalue weighted by Crippen LogP contribution is -3.14. The Morgan fingerprint density at radius 3 is 2.96 bits per heavy atom. The number of quaternary nitrogens is 1. The first-order valence-corrected chi connectivity index (χ1v) is 10.2. The molecule has 0 spiro atoms. The number of nitrogens with one attached hydrogen (secondary N) is 2. The molecule has 2 N–H and O–H groups in total. The van der Waals surface area contributed by atoms with Gasteiger partial charge in [-0.25, -0.2) is 0 Å². The summed E-state index contributed by atoms with van der Waals surface area (Å²) < 4.78 is 4.61. The van der Waals surface area contributed by atoms with Crippen molar-refractivity contribution in [1.29, 1.82) is 0 Å². The summed E-state index contributed by atoms with van der Waals surface area (Å²) >= 11 is 3.57. The molecule has 0 fully saturated rings. The molecule has 3 heterocycles. The summed E-state index contributed by atoms with van der Waals surface area (Å²) in [6.07, 6.45) is 1.97. The monoisotopic (exact) mass is 379 g/mol. The van der Waals surface area contributed by atoms with Gasteiger partial charge in [0, 0.05) is 29.8 Å². The summed E-state index contributed by atoms with van der Waals surface area (Å²) in [5.74, 6) is -0.196. The van der Waals surface area contributed by atoms with Gasteiger partial charge in [0.05, 0.1) is 18.5 Å². The minimum atomic E-state index is -0.237. The molecular formula is C18H23N2O3S2+. The summed E-state index contributed by atoms with van der Waals surface area (Å²) in [6.45, 7) is 1.93. The maximum Gasteiger partial charge on any atom is 0.305 e. The van der Waals surface area contributed by atoms with E-state index < -0.39 is 0 Å². The van der Waals surface area contributed by atoms with Gasteiger partial charge in [-0.2, -0.15) is 0 Å². The molecule has 0 saturated carbocycles. The fourth-order valence-corrected chi connectivity index (χ4v) is 5.10. The van der Waals surface area contributed by atoms with E-state index in [2.05, 4.69) is 39.0 Å². The van der Waals surface area contributed by atoms with Crippen molar-refractivity contribution in [2.24, 2.45) is 0 Å². The molecule has 0 aromatic carbocycles. The summed E-state index contributed by atoms with van der Waals surface area (Å²) in [5, 5.41) is 7.18. The molecule has 1 amide bonds. The Morgan fingerprint density at radius 1 is 1.32 bits per heavy atom. The first-order chi connectivity index (χ1) is 12.2. The second-order valence-electron chi connectivity index (χ2n) is 6.11. The van der Waals surface area contributed by atoms with Crippen LogP contribution in [0.5, 0.6) is 0 Å². The minimum Gasteiger partial charge on any atom is -0.469 e. The Labute approximate surface area is 155 Å². The number of carbonyl (C=O) groups excluding carboxylic acids is 2. The van der Waals surface area contributed by atoms with Crippen LogP contribution in [-0.4, -0.2) is 38.6 Å². The van der Waals surface area contributed by atoms with Gasteiger partial charge in [-0.3, -0.25) is 9.59 Å². The van der Waals surface area contributed by atoms with Gasteiger partial charge in [-0.15, -0.1) is 22.7 Å². The zero-order chi connectivity index (χ0) is 17.6. The number of fused-ring (bicyclic) bond motifs is 1. The highest BCUT2D eigenvalue weighted by atomic mass is 32.1. The van der Waals surface area contributed by atoms with Crippen LogP contribution < -0.4 is 10.2 Å². The van der Waals surface area contributed by atoms with Crippen molar-refractivity contribution in [2.45, 2.75) is 25.3 Å². The second kappa shape index (κ2) is 8.60. The molecule has 1 aliphatic rings. The number of carbonyl (C=O) groups is 2. The number of thiophene rings is 2. The van der Waals surface area contributed by atoms with E-state index in [1.165, 1.54) is 27.3 Å². The van der Waals surface area contributed by atoms with Crippen molar-refractivity contribution in [3.8, 4) is 0 Å². The molecule has 2 atom stereocenters. The predicted octanol–water partition coefficient (Wildman–Crippen LogP) is 1.41. The number of methoxy groups -OCH3 is 1. The molecule has 0 saturated heterocycles. The summed E-state index contributed by atoms with van der Waals surface area (Å²) in [7, 11) is 1.38. The van der Waals surface area contributed by atoms with E-state index in [9.17, 15) is 9.59 Å². The third-order valence-corrected chi connectivity index (χ3v) is 6.43. The third-order valence-electron chi connectivity index (χ3n) is 4.50. The molecule has 1 aliphatic heterocycles. The number of rotatable bonds is 7. The molecule has 3 rings (SSSR count). The van der Waals surface area contributed by atoms with Gasteiger partial charge < -0.3 is 15.0 Å². The molecule has 0 bridgehead atoms. The topological polar surface area (TPSA) is 59.8 Å². The molecule has 0 radical (unpaired) electrons. The predicted molar refractivity (Wildman–Crippen MR) is 99.1 cm³/mol. The summed E-state index contributed by atoms with van der Waals surface area (Å²) in [4.78, 5) is 27.5. The lowest BCUT2D eigenvalue weighted by Gasteiger charge is -2.31. The smallest absolute Gasteiger partial charge is 0.305 e. The van der Waals surface area contributed by atoms with Crippen molar-refractivity contribution in [2.75, 3.05) is 26.7 Å². The van der Waals surface area contributed by atoms with Gasteiger partial charge in [0.2, 0.25) is 0 Å². The van der Waals surface area contributed by atoms with E-state index in [1.807, 2.05) is 11.3 Å². The maximum atomic E-state index is 12.3. The van der Waals surface area contributed by atoms with Gasteiger partial charge in [0.1, 0.15) is 6.04 Å². The molecule has 2 aromatic rings. The second-order valence-corrected chi connectivity index (χ2v) is 8.09. The third kappa shape index (κ3) is 4.48. The number of amides is 1.